The average Bonchev–Trinajstić information content (AvgIpc) is 2.46. The third-order valence-corrected chi connectivity index (χ3v) is 2.85. The first kappa shape index (κ1) is 13.8. The van der Waals surface area contributed by atoms with Crippen LogP contribution in [0, 0.1) is 0 Å². The molecule has 0 bridgehead atoms. The van der Waals surface area contributed by atoms with Crippen molar-refractivity contribution in [2.75, 3.05) is 26.4 Å². The molecule has 2 rings (SSSR count). The fraction of sp³-hybridized carbons (Fsp3) is 0.538. The number of amides is 1. The molecule has 0 atom stereocenters. The second-order valence-electron chi connectivity index (χ2n) is 4.29. The highest BCUT2D eigenvalue weighted by molar-refractivity contribution is 5.93. The quantitative estimate of drug-likeness (QED) is 0.804. The number of aromatic nitrogens is 1. The highest BCUT2D eigenvalue weighted by atomic mass is 16.5. The summed E-state index contributed by atoms with van der Waals surface area (Å²) in [5.74, 6) is 0.268. The van der Waals surface area contributed by atoms with E-state index in [1.54, 1.807) is 12.1 Å². The van der Waals surface area contributed by atoms with Gasteiger partial charge in [0.25, 0.3) is 5.91 Å². The molecular formula is C13H18N2O4. The second-order valence-corrected chi connectivity index (χ2v) is 4.29. The summed E-state index contributed by atoms with van der Waals surface area (Å²) in [5, 5.41) is 11.2. The van der Waals surface area contributed by atoms with Crippen LogP contribution >= 0.6 is 0 Å². The summed E-state index contributed by atoms with van der Waals surface area (Å²) < 4.78 is 11.0. The van der Waals surface area contributed by atoms with E-state index in [1.165, 1.54) is 6.20 Å². The lowest BCUT2D eigenvalue weighted by Gasteiger charge is -2.22. The van der Waals surface area contributed by atoms with Crippen LogP contribution < -0.4 is 10.1 Å². The Morgan fingerprint density at radius 1 is 1.47 bits per heavy atom. The number of carbonyl (C=O) groups excluding carboxylic acids is 1. The van der Waals surface area contributed by atoms with Crippen LogP contribution in [0.25, 0.3) is 0 Å². The van der Waals surface area contributed by atoms with E-state index in [1.807, 2.05) is 0 Å². The molecule has 0 spiro atoms. The van der Waals surface area contributed by atoms with E-state index in [-0.39, 0.29) is 25.2 Å². The number of pyridine rings is 1. The van der Waals surface area contributed by atoms with E-state index >= 15 is 0 Å². The Morgan fingerprint density at radius 3 is 2.89 bits per heavy atom. The molecule has 2 heterocycles. The molecule has 0 unspecified atom stereocenters. The lowest BCUT2D eigenvalue weighted by molar-refractivity contribution is 0.0237. The molecule has 0 aliphatic carbocycles. The summed E-state index contributed by atoms with van der Waals surface area (Å²) in [7, 11) is 0. The van der Waals surface area contributed by atoms with Crippen LogP contribution in [0.4, 0.5) is 0 Å². The molecule has 1 fully saturated rings. The summed E-state index contributed by atoms with van der Waals surface area (Å²) in [4.78, 5) is 15.7. The number of hydrogen-bond donors (Lipinski definition) is 2. The van der Waals surface area contributed by atoms with Gasteiger partial charge in [-0.15, -0.1) is 0 Å². The molecule has 1 aliphatic rings. The fourth-order valence-corrected chi connectivity index (χ4v) is 1.82. The van der Waals surface area contributed by atoms with Gasteiger partial charge in [-0.1, -0.05) is 0 Å². The Hall–Kier alpha value is -1.66. The Labute approximate surface area is 111 Å². The number of aliphatic hydroxyl groups excluding tert-OH is 1. The van der Waals surface area contributed by atoms with Crippen LogP contribution in [0.5, 0.6) is 5.88 Å². The van der Waals surface area contributed by atoms with Crippen molar-refractivity contribution in [3.63, 3.8) is 0 Å². The molecule has 19 heavy (non-hydrogen) atoms. The van der Waals surface area contributed by atoms with Crippen molar-refractivity contribution in [2.45, 2.75) is 18.9 Å². The molecule has 1 aromatic rings. The van der Waals surface area contributed by atoms with Gasteiger partial charge in [0.2, 0.25) is 5.88 Å². The summed E-state index contributed by atoms with van der Waals surface area (Å²) >= 11 is 0. The molecule has 0 saturated carbocycles. The van der Waals surface area contributed by atoms with Gasteiger partial charge in [-0.25, -0.2) is 4.98 Å². The Bertz CT molecular complexity index is 402. The Kier molecular flexibility index (Phi) is 5.11. The maximum absolute atomic E-state index is 11.6. The second kappa shape index (κ2) is 7.06. The van der Waals surface area contributed by atoms with Gasteiger partial charge < -0.3 is 19.9 Å². The molecule has 2 N–H and O–H groups in total. The van der Waals surface area contributed by atoms with Gasteiger partial charge >= 0.3 is 0 Å². The zero-order chi connectivity index (χ0) is 13.5. The predicted octanol–water partition coefficient (Wildman–Crippen LogP) is 0.361. The van der Waals surface area contributed by atoms with Crippen LogP contribution in [0.15, 0.2) is 18.3 Å². The van der Waals surface area contributed by atoms with Crippen LogP contribution in [-0.4, -0.2) is 48.5 Å². The first-order chi connectivity index (χ1) is 9.29. The van der Waals surface area contributed by atoms with Gasteiger partial charge in [0.1, 0.15) is 6.10 Å². The number of hydrogen-bond acceptors (Lipinski definition) is 5. The standard InChI is InChI=1S/C13H18N2O4/c16-6-5-14-13(17)10-1-2-12(15-9-10)19-11-3-7-18-8-4-11/h1-2,9,11,16H,3-8H2,(H,14,17). The summed E-state index contributed by atoms with van der Waals surface area (Å²) in [6.45, 7) is 1.59. The monoisotopic (exact) mass is 266 g/mol. The number of carbonyl (C=O) groups is 1. The first-order valence-corrected chi connectivity index (χ1v) is 6.39. The minimum absolute atomic E-state index is 0.0793. The minimum atomic E-state index is -0.251. The maximum Gasteiger partial charge on any atom is 0.252 e. The molecule has 104 valence electrons. The number of rotatable bonds is 5. The SMILES string of the molecule is O=C(NCCO)c1ccc(OC2CCOCC2)nc1. The van der Waals surface area contributed by atoms with Gasteiger partial charge in [0, 0.05) is 31.6 Å². The topological polar surface area (TPSA) is 80.7 Å². The fourth-order valence-electron chi connectivity index (χ4n) is 1.82. The summed E-state index contributed by atoms with van der Waals surface area (Å²) in [6.07, 6.45) is 3.33. The molecule has 6 nitrogen and oxygen atoms in total. The van der Waals surface area contributed by atoms with E-state index in [2.05, 4.69) is 10.3 Å². The van der Waals surface area contributed by atoms with E-state index < -0.39 is 0 Å². The molecule has 1 saturated heterocycles. The normalized spacial score (nSPS) is 16.1. The van der Waals surface area contributed by atoms with Gasteiger partial charge in [-0.3, -0.25) is 4.79 Å². The number of aliphatic hydroxyl groups is 1. The lowest BCUT2D eigenvalue weighted by Crippen LogP contribution is -2.27. The number of nitrogens with zero attached hydrogens (tertiary/aromatic N) is 1. The third-order valence-electron chi connectivity index (χ3n) is 2.85. The van der Waals surface area contributed by atoms with E-state index in [0.29, 0.717) is 24.7 Å². The zero-order valence-electron chi connectivity index (χ0n) is 10.7. The Morgan fingerprint density at radius 2 is 2.26 bits per heavy atom. The van der Waals surface area contributed by atoms with E-state index in [4.69, 9.17) is 14.6 Å². The van der Waals surface area contributed by atoms with Crippen molar-refractivity contribution in [2.24, 2.45) is 0 Å². The summed E-state index contributed by atoms with van der Waals surface area (Å²) in [5.41, 5.74) is 0.452. The average molecular weight is 266 g/mol. The molecule has 6 heteroatoms. The molecule has 1 amide bonds. The molecule has 1 aromatic heterocycles. The smallest absolute Gasteiger partial charge is 0.252 e. The number of ether oxygens (including phenoxy) is 2. The van der Waals surface area contributed by atoms with Crippen molar-refractivity contribution in [1.29, 1.82) is 0 Å². The molecule has 0 radical (unpaired) electrons. The van der Waals surface area contributed by atoms with Gasteiger partial charge in [-0.05, 0) is 6.07 Å². The maximum atomic E-state index is 11.6. The first-order valence-electron chi connectivity index (χ1n) is 6.39. The van der Waals surface area contributed by atoms with Gasteiger partial charge in [0.15, 0.2) is 0 Å². The Balaban J connectivity index is 1.88. The number of nitrogens with one attached hydrogen (secondary N) is 1. The van der Waals surface area contributed by atoms with E-state index in [9.17, 15) is 4.79 Å². The van der Waals surface area contributed by atoms with E-state index in [0.717, 1.165) is 12.8 Å². The largest absolute Gasteiger partial charge is 0.474 e. The van der Waals surface area contributed by atoms with Crippen molar-refractivity contribution in [3.05, 3.63) is 23.9 Å². The summed E-state index contributed by atoms with van der Waals surface area (Å²) in [6, 6.07) is 3.34. The molecule has 0 aromatic carbocycles. The lowest BCUT2D eigenvalue weighted by atomic mass is 10.1. The molecular weight excluding hydrogens is 248 g/mol. The van der Waals surface area contributed by atoms with Crippen molar-refractivity contribution in [1.82, 2.24) is 10.3 Å². The van der Waals surface area contributed by atoms with Crippen molar-refractivity contribution < 1.29 is 19.4 Å². The van der Waals surface area contributed by atoms with Crippen molar-refractivity contribution >= 4 is 5.91 Å². The van der Waals surface area contributed by atoms with Crippen LogP contribution in [0.3, 0.4) is 0 Å². The van der Waals surface area contributed by atoms with Crippen molar-refractivity contribution in [3.8, 4) is 5.88 Å². The van der Waals surface area contributed by atoms with Gasteiger partial charge in [-0.2, -0.15) is 0 Å². The van der Waals surface area contributed by atoms with Crippen LogP contribution in [0.2, 0.25) is 0 Å². The van der Waals surface area contributed by atoms with Gasteiger partial charge in [0.05, 0.1) is 25.4 Å². The molecule has 1 aliphatic heterocycles. The van der Waals surface area contributed by atoms with Crippen LogP contribution in [0.1, 0.15) is 23.2 Å². The van der Waals surface area contributed by atoms with Crippen LogP contribution in [-0.2, 0) is 4.74 Å². The third kappa shape index (κ3) is 4.18. The highest BCUT2D eigenvalue weighted by Crippen LogP contribution is 2.15. The highest BCUT2D eigenvalue weighted by Gasteiger charge is 2.16. The zero-order valence-corrected chi connectivity index (χ0v) is 10.7. The minimum Gasteiger partial charge on any atom is -0.474 e. The predicted molar refractivity (Wildman–Crippen MR) is 68.1 cm³/mol.